The Bertz CT molecular complexity index is 1280. The summed E-state index contributed by atoms with van der Waals surface area (Å²) in [7, 11) is 1.49. The van der Waals surface area contributed by atoms with Gasteiger partial charge in [0.05, 0.1) is 27.7 Å². The number of phosphoric ester groups is 1. The minimum absolute atomic E-state index is 0.0324. The van der Waals surface area contributed by atoms with Crippen molar-refractivity contribution in [3.8, 4) is 0 Å². The predicted molar refractivity (Wildman–Crippen MR) is 298 cm³/mol. The van der Waals surface area contributed by atoms with Crippen molar-refractivity contribution in [2.75, 3.05) is 47.5 Å². The molecule has 0 rings (SSSR count). The molecule has 2 unspecified atom stereocenters. The van der Waals surface area contributed by atoms with Gasteiger partial charge in [-0.15, -0.1) is 0 Å². The Morgan fingerprint density at radius 2 is 0.771 bits per heavy atom. The standard InChI is InChI=1S/C60H114NO8P/c1-6-8-10-12-14-16-18-20-22-24-26-28-29-30-31-33-35-37-39-41-43-45-47-49-51-53-60(63)69-58(57-68-70(64,65)67-55-54-61(3,4)5)56-66-59(62)52-50-48-46-44-42-40-38-36-34-32-27-25-23-21-19-17-15-13-11-9-7-2/h18,20,24-27,58H,6-17,19,21-23,28-57H2,1-5H3/p+1/b20-18-,26-24-,27-25-. The van der Waals surface area contributed by atoms with Gasteiger partial charge in [-0.1, -0.05) is 237 Å². The average molecular weight is 1010 g/mol. The second-order valence-electron chi connectivity index (χ2n) is 21.4. The number of hydrogen-bond acceptors (Lipinski definition) is 7. The van der Waals surface area contributed by atoms with Crippen LogP contribution < -0.4 is 0 Å². The summed E-state index contributed by atoms with van der Waals surface area (Å²) in [6, 6.07) is 0. The molecule has 2 atom stereocenters. The maximum absolute atomic E-state index is 12.8. The van der Waals surface area contributed by atoms with Crippen LogP contribution in [0.2, 0.25) is 0 Å². The van der Waals surface area contributed by atoms with Gasteiger partial charge < -0.3 is 18.9 Å². The Hall–Kier alpha value is -1.77. The molecule has 0 spiro atoms. The van der Waals surface area contributed by atoms with Crippen LogP contribution in [0.15, 0.2) is 36.5 Å². The summed E-state index contributed by atoms with van der Waals surface area (Å²) in [5, 5.41) is 0. The highest BCUT2D eigenvalue weighted by Crippen LogP contribution is 2.43. The molecule has 70 heavy (non-hydrogen) atoms. The Morgan fingerprint density at radius 1 is 0.443 bits per heavy atom. The van der Waals surface area contributed by atoms with Crippen LogP contribution in [0.1, 0.15) is 284 Å². The van der Waals surface area contributed by atoms with Gasteiger partial charge in [0.25, 0.3) is 0 Å². The lowest BCUT2D eigenvalue weighted by Gasteiger charge is -2.24. The molecule has 9 nitrogen and oxygen atoms in total. The fourth-order valence-corrected chi connectivity index (χ4v) is 9.25. The first-order chi connectivity index (χ1) is 34.0. The summed E-state index contributed by atoms with van der Waals surface area (Å²) in [4.78, 5) is 35.7. The van der Waals surface area contributed by atoms with Crippen molar-refractivity contribution < 1.29 is 42.1 Å². The molecule has 0 aliphatic heterocycles. The van der Waals surface area contributed by atoms with Crippen LogP contribution in [0.4, 0.5) is 0 Å². The van der Waals surface area contributed by atoms with E-state index in [4.69, 9.17) is 18.5 Å². The molecule has 0 aromatic heterocycles. The zero-order valence-corrected chi connectivity index (χ0v) is 47.7. The summed E-state index contributed by atoms with van der Waals surface area (Å²) in [6.07, 6.45) is 63.5. The monoisotopic (exact) mass is 1010 g/mol. The van der Waals surface area contributed by atoms with Gasteiger partial charge in [0, 0.05) is 12.8 Å². The van der Waals surface area contributed by atoms with Gasteiger partial charge in [0.15, 0.2) is 6.10 Å². The molecule has 0 aromatic rings. The minimum atomic E-state index is -4.38. The first-order valence-electron chi connectivity index (χ1n) is 29.7. The van der Waals surface area contributed by atoms with E-state index in [1.54, 1.807) is 0 Å². The molecule has 0 aliphatic carbocycles. The molecule has 0 bridgehead atoms. The van der Waals surface area contributed by atoms with Crippen molar-refractivity contribution in [2.45, 2.75) is 290 Å². The maximum atomic E-state index is 12.8. The normalized spacial score (nSPS) is 13.5. The predicted octanol–water partition coefficient (Wildman–Crippen LogP) is 18.4. The third kappa shape index (κ3) is 55.5. The third-order valence-electron chi connectivity index (χ3n) is 13.1. The van der Waals surface area contributed by atoms with E-state index < -0.39 is 26.5 Å². The number of hydrogen-bond donors (Lipinski definition) is 1. The summed E-state index contributed by atoms with van der Waals surface area (Å²) >= 11 is 0. The Kier molecular flexibility index (Phi) is 50.8. The molecule has 0 aliphatic rings. The Balaban J connectivity index is 4.14. The van der Waals surface area contributed by atoms with E-state index in [0.717, 1.165) is 38.5 Å². The lowest BCUT2D eigenvalue weighted by atomic mass is 10.0. The van der Waals surface area contributed by atoms with Crippen molar-refractivity contribution in [1.29, 1.82) is 0 Å². The molecule has 0 heterocycles. The number of phosphoric acid groups is 1. The van der Waals surface area contributed by atoms with Crippen LogP contribution in [0.25, 0.3) is 0 Å². The van der Waals surface area contributed by atoms with Crippen molar-refractivity contribution in [1.82, 2.24) is 0 Å². The van der Waals surface area contributed by atoms with E-state index >= 15 is 0 Å². The van der Waals surface area contributed by atoms with Gasteiger partial charge in [-0.25, -0.2) is 4.57 Å². The largest absolute Gasteiger partial charge is 0.472 e. The number of ether oxygens (including phenoxy) is 2. The minimum Gasteiger partial charge on any atom is -0.462 e. The zero-order valence-electron chi connectivity index (χ0n) is 46.8. The molecule has 0 aromatic carbocycles. The second-order valence-corrected chi connectivity index (χ2v) is 22.8. The van der Waals surface area contributed by atoms with E-state index in [2.05, 4.69) is 50.3 Å². The highest BCUT2D eigenvalue weighted by molar-refractivity contribution is 7.47. The number of allylic oxidation sites excluding steroid dienone is 6. The second kappa shape index (κ2) is 52.1. The average Bonchev–Trinajstić information content (AvgIpc) is 3.32. The van der Waals surface area contributed by atoms with E-state index in [0.29, 0.717) is 17.4 Å². The van der Waals surface area contributed by atoms with Crippen LogP contribution in [-0.4, -0.2) is 74.9 Å². The highest BCUT2D eigenvalue weighted by atomic mass is 31.2. The fourth-order valence-electron chi connectivity index (χ4n) is 8.51. The molecule has 10 heteroatoms. The number of likely N-dealkylation sites (N-methyl/N-ethyl adjacent to an activating group) is 1. The topological polar surface area (TPSA) is 108 Å². The lowest BCUT2D eigenvalue weighted by molar-refractivity contribution is -0.870. The molecular weight excluding hydrogens is 894 g/mol. The fraction of sp³-hybridized carbons (Fsp3) is 0.867. The third-order valence-corrected chi connectivity index (χ3v) is 14.1. The van der Waals surface area contributed by atoms with Crippen LogP contribution in [0.5, 0.6) is 0 Å². The SMILES string of the molecule is CCCCCCC/C=C\C/C=C\CCCCCCCCCCCCCCCC(=O)OC(COC(=O)CCCCCCCCCCC/C=C\CCCCCCCCCC)COP(=O)(O)OCC[N+](C)(C)C. The summed E-state index contributed by atoms with van der Waals surface area (Å²) in [5.41, 5.74) is 0. The highest BCUT2D eigenvalue weighted by Gasteiger charge is 2.27. The molecule has 0 saturated heterocycles. The Morgan fingerprint density at radius 3 is 1.14 bits per heavy atom. The van der Waals surface area contributed by atoms with Gasteiger partial charge >= 0.3 is 19.8 Å². The number of rotatable bonds is 55. The van der Waals surface area contributed by atoms with Crippen molar-refractivity contribution in [3.05, 3.63) is 36.5 Å². The summed E-state index contributed by atoms with van der Waals surface area (Å²) in [6.45, 7) is 4.46. The zero-order chi connectivity index (χ0) is 51.3. The van der Waals surface area contributed by atoms with Gasteiger partial charge in [-0.2, -0.15) is 0 Å². The van der Waals surface area contributed by atoms with E-state index in [1.807, 2.05) is 21.1 Å². The van der Waals surface area contributed by atoms with Gasteiger partial charge in [0.1, 0.15) is 19.8 Å². The van der Waals surface area contributed by atoms with Crippen LogP contribution in [-0.2, 0) is 32.7 Å². The number of quaternary nitrogens is 1. The molecule has 1 N–H and O–H groups in total. The first-order valence-corrected chi connectivity index (χ1v) is 31.2. The first kappa shape index (κ1) is 68.2. The van der Waals surface area contributed by atoms with E-state index in [-0.39, 0.29) is 32.0 Å². The van der Waals surface area contributed by atoms with Crippen LogP contribution >= 0.6 is 7.82 Å². The quantitative estimate of drug-likeness (QED) is 0.0211. The molecule has 0 fully saturated rings. The maximum Gasteiger partial charge on any atom is 0.472 e. The number of carbonyl (C=O) groups is 2. The van der Waals surface area contributed by atoms with Crippen molar-refractivity contribution in [3.63, 3.8) is 0 Å². The lowest BCUT2D eigenvalue weighted by Crippen LogP contribution is -2.37. The van der Waals surface area contributed by atoms with Crippen LogP contribution in [0, 0.1) is 0 Å². The summed E-state index contributed by atoms with van der Waals surface area (Å²) < 4.78 is 34.6. The molecule has 0 saturated carbocycles. The number of carbonyl (C=O) groups excluding carboxylic acids is 2. The van der Waals surface area contributed by atoms with E-state index in [1.165, 1.54) is 212 Å². The molecule has 0 amide bonds. The van der Waals surface area contributed by atoms with Crippen molar-refractivity contribution in [2.24, 2.45) is 0 Å². The van der Waals surface area contributed by atoms with Crippen molar-refractivity contribution >= 4 is 19.8 Å². The van der Waals surface area contributed by atoms with E-state index in [9.17, 15) is 19.0 Å². The Labute approximate surface area is 433 Å². The summed E-state index contributed by atoms with van der Waals surface area (Å²) in [5.74, 6) is -0.789. The van der Waals surface area contributed by atoms with Crippen LogP contribution in [0.3, 0.4) is 0 Å². The smallest absolute Gasteiger partial charge is 0.462 e. The molecular formula is C60H115NO8P+. The molecule has 412 valence electrons. The number of nitrogens with zero attached hydrogens (tertiary/aromatic N) is 1. The molecule has 0 radical (unpaired) electrons. The van der Waals surface area contributed by atoms with Gasteiger partial charge in [-0.3, -0.25) is 18.6 Å². The number of unbranched alkanes of at least 4 members (excludes halogenated alkanes) is 35. The van der Waals surface area contributed by atoms with Gasteiger partial charge in [0.2, 0.25) is 0 Å². The number of esters is 2. The van der Waals surface area contributed by atoms with Gasteiger partial charge in [-0.05, 0) is 70.6 Å².